The van der Waals surface area contributed by atoms with E-state index < -0.39 is 33.7 Å². The van der Waals surface area contributed by atoms with Gasteiger partial charge in [0, 0.05) is 6.20 Å². The van der Waals surface area contributed by atoms with Crippen molar-refractivity contribution in [3.05, 3.63) is 33.1 Å². The van der Waals surface area contributed by atoms with Gasteiger partial charge >= 0.3 is 11.7 Å². The number of aromatic nitrogens is 1. The van der Waals surface area contributed by atoms with E-state index in [1.807, 2.05) is 0 Å². The molecule has 0 aliphatic heterocycles. The maximum absolute atomic E-state index is 11.7. The van der Waals surface area contributed by atoms with Crippen molar-refractivity contribution in [3.8, 4) is 0 Å². The van der Waals surface area contributed by atoms with Crippen LogP contribution in [0.2, 0.25) is 5.15 Å². The zero-order chi connectivity index (χ0) is 13.9. The summed E-state index contributed by atoms with van der Waals surface area (Å²) in [6.45, 7) is 1.23. The molecule has 0 spiro atoms. The van der Waals surface area contributed by atoms with Crippen molar-refractivity contribution in [1.82, 2.24) is 10.3 Å². The van der Waals surface area contributed by atoms with Crippen molar-refractivity contribution in [1.29, 1.82) is 0 Å². The molecule has 1 heterocycles. The topological polar surface area (TPSA) is 122 Å². The molecule has 2 N–H and O–H groups in total. The Hall–Kier alpha value is -2.22. The zero-order valence-electron chi connectivity index (χ0n) is 9.08. The van der Waals surface area contributed by atoms with Crippen molar-refractivity contribution < 1.29 is 19.6 Å². The molecule has 1 atom stereocenters. The van der Waals surface area contributed by atoms with E-state index in [0.29, 0.717) is 0 Å². The average molecular weight is 274 g/mol. The van der Waals surface area contributed by atoms with Gasteiger partial charge in [0.25, 0.3) is 5.91 Å². The molecule has 1 aromatic heterocycles. The van der Waals surface area contributed by atoms with Crippen LogP contribution in [-0.2, 0) is 4.79 Å². The number of nitrogens with one attached hydrogen (secondary N) is 1. The number of halogens is 1. The van der Waals surface area contributed by atoms with Gasteiger partial charge in [-0.05, 0) is 13.0 Å². The lowest BCUT2D eigenvalue weighted by atomic mass is 10.2. The average Bonchev–Trinajstić information content (AvgIpc) is 2.27. The first-order chi connectivity index (χ1) is 8.34. The highest BCUT2D eigenvalue weighted by molar-refractivity contribution is 6.32. The number of carboxylic acids is 1. The summed E-state index contributed by atoms with van der Waals surface area (Å²) in [7, 11) is 0. The number of aliphatic carboxylic acids is 1. The number of hydrogen-bond donors (Lipinski definition) is 2. The molecule has 1 aromatic rings. The molecule has 0 radical (unpaired) electrons. The highest BCUT2D eigenvalue weighted by Crippen LogP contribution is 2.25. The fraction of sp³-hybridized carbons (Fsp3) is 0.222. The van der Waals surface area contributed by atoms with E-state index >= 15 is 0 Å². The van der Waals surface area contributed by atoms with Gasteiger partial charge in [-0.15, -0.1) is 0 Å². The number of nitro groups is 1. The maximum Gasteiger partial charge on any atom is 0.325 e. The van der Waals surface area contributed by atoms with E-state index in [1.165, 1.54) is 6.92 Å². The number of carbonyl (C=O) groups excluding carboxylic acids is 1. The number of amides is 1. The lowest BCUT2D eigenvalue weighted by molar-refractivity contribution is -0.385. The van der Waals surface area contributed by atoms with Crippen LogP contribution < -0.4 is 5.32 Å². The Morgan fingerprint density at radius 1 is 1.61 bits per heavy atom. The molecule has 0 aromatic carbocycles. The second-order valence-electron chi connectivity index (χ2n) is 3.29. The monoisotopic (exact) mass is 273 g/mol. The van der Waals surface area contributed by atoms with Gasteiger partial charge in [0.05, 0.1) is 4.92 Å². The summed E-state index contributed by atoms with van der Waals surface area (Å²) < 4.78 is 0. The summed E-state index contributed by atoms with van der Waals surface area (Å²) in [5, 5.41) is 21.0. The summed E-state index contributed by atoms with van der Waals surface area (Å²) in [5.41, 5.74) is -0.998. The molecular weight excluding hydrogens is 266 g/mol. The van der Waals surface area contributed by atoms with Gasteiger partial charge in [-0.25, -0.2) is 4.98 Å². The fourth-order valence-electron chi connectivity index (χ4n) is 1.12. The van der Waals surface area contributed by atoms with Crippen LogP contribution in [0.1, 0.15) is 17.3 Å². The number of rotatable bonds is 4. The molecule has 0 bridgehead atoms. The quantitative estimate of drug-likeness (QED) is 0.476. The maximum atomic E-state index is 11.7. The highest BCUT2D eigenvalue weighted by atomic mass is 35.5. The summed E-state index contributed by atoms with van der Waals surface area (Å²) in [5.74, 6) is -2.16. The molecule has 0 aliphatic rings. The standard InChI is InChI=1S/C9H8ClN3O5/c1-4(9(15)16)12-8(14)5-2-3-11-7(10)6(5)13(17)18/h2-4H,1H3,(H,12,14)(H,15,16)/t4-/m1/s1. The van der Waals surface area contributed by atoms with Gasteiger partial charge in [-0.2, -0.15) is 0 Å². The van der Waals surface area contributed by atoms with Gasteiger partial charge in [0.2, 0.25) is 5.15 Å². The minimum Gasteiger partial charge on any atom is -0.480 e. The van der Waals surface area contributed by atoms with Crippen molar-refractivity contribution in [2.75, 3.05) is 0 Å². The van der Waals surface area contributed by atoms with Crippen molar-refractivity contribution in [3.63, 3.8) is 0 Å². The third-order valence-electron chi connectivity index (χ3n) is 2.02. The Bertz CT molecular complexity index is 519. The van der Waals surface area contributed by atoms with Crippen LogP contribution >= 0.6 is 11.6 Å². The molecule has 1 rings (SSSR count). The molecule has 0 fully saturated rings. The van der Waals surface area contributed by atoms with Gasteiger partial charge in [0.15, 0.2) is 0 Å². The van der Waals surface area contributed by atoms with E-state index in [9.17, 15) is 19.7 Å². The van der Waals surface area contributed by atoms with Crippen LogP contribution in [0.5, 0.6) is 0 Å². The number of carboxylic acid groups (broad SMARTS) is 1. The third kappa shape index (κ3) is 2.92. The summed E-state index contributed by atoms with van der Waals surface area (Å²) >= 11 is 5.52. The van der Waals surface area contributed by atoms with Crippen LogP contribution in [-0.4, -0.2) is 32.9 Å². The van der Waals surface area contributed by atoms with Crippen LogP contribution in [0, 0.1) is 10.1 Å². The van der Waals surface area contributed by atoms with Crippen LogP contribution in [0.25, 0.3) is 0 Å². The minimum absolute atomic E-state index is 0.340. The molecule has 8 nitrogen and oxygen atoms in total. The molecule has 18 heavy (non-hydrogen) atoms. The Kier molecular flexibility index (Phi) is 4.16. The third-order valence-corrected chi connectivity index (χ3v) is 2.30. The van der Waals surface area contributed by atoms with Gasteiger partial charge in [-0.3, -0.25) is 19.7 Å². The van der Waals surface area contributed by atoms with E-state index in [1.54, 1.807) is 0 Å². The number of hydrogen-bond acceptors (Lipinski definition) is 5. The first kappa shape index (κ1) is 13.8. The molecule has 0 saturated carbocycles. The number of carbonyl (C=O) groups is 2. The highest BCUT2D eigenvalue weighted by Gasteiger charge is 2.26. The first-order valence-electron chi connectivity index (χ1n) is 4.67. The molecule has 1 amide bonds. The molecule has 0 saturated heterocycles. The normalized spacial score (nSPS) is 11.7. The molecule has 0 unspecified atom stereocenters. The van der Waals surface area contributed by atoms with Crippen LogP contribution in [0.4, 0.5) is 5.69 Å². The van der Waals surface area contributed by atoms with Crippen molar-refractivity contribution in [2.24, 2.45) is 0 Å². The predicted molar refractivity (Wildman–Crippen MR) is 60.5 cm³/mol. The largest absolute Gasteiger partial charge is 0.480 e. The zero-order valence-corrected chi connectivity index (χ0v) is 9.84. The summed E-state index contributed by atoms with van der Waals surface area (Å²) in [6.07, 6.45) is 1.12. The van der Waals surface area contributed by atoms with E-state index in [0.717, 1.165) is 12.3 Å². The van der Waals surface area contributed by atoms with E-state index in [4.69, 9.17) is 16.7 Å². The van der Waals surface area contributed by atoms with Crippen LogP contribution in [0.15, 0.2) is 12.3 Å². The Balaban J connectivity index is 3.10. The van der Waals surface area contributed by atoms with Crippen molar-refractivity contribution in [2.45, 2.75) is 13.0 Å². The lowest BCUT2D eigenvalue weighted by Gasteiger charge is -2.09. The SMILES string of the molecule is C[C@@H](NC(=O)c1ccnc(Cl)c1[N+](=O)[O-])C(=O)O. The number of nitrogens with zero attached hydrogens (tertiary/aromatic N) is 2. The molecule has 0 aliphatic carbocycles. The van der Waals surface area contributed by atoms with Gasteiger partial charge in [0.1, 0.15) is 11.6 Å². The molecule has 9 heteroatoms. The summed E-state index contributed by atoms with van der Waals surface area (Å²) in [6, 6.07) is -0.0856. The lowest BCUT2D eigenvalue weighted by Crippen LogP contribution is -2.38. The Labute approximate surface area is 106 Å². The summed E-state index contributed by atoms with van der Waals surface area (Å²) in [4.78, 5) is 35.6. The second kappa shape index (κ2) is 5.41. The fourth-order valence-corrected chi connectivity index (χ4v) is 1.35. The van der Waals surface area contributed by atoms with Gasteiger partial charge in [-0.1, -0.05) is 11.6 Å². The minimum atomic E-state index is -1.26. The van der Waals surface area contributed by atoms with E-state index in [2.05, 4.69) is 10.3 Å². The predicted octanol–water partition coefficient (Wildman–Crippen LogP) is 0.846. The second-order valence-corrected chi connectivity index (χ2v) is 3.65. The van der Waals surface area contributed by atoms with Crippen molar-refractivity contribution >= 4 is 29.2 Å². The van der Waals surface area contributed by atoms with E-state index in [-0.39, 0.29) is 5.56 Å². The van der Waals surface area contributed by atoms with Gasteiger partial charge < -0.3 is 10.4 Å². The molecular formula is C9H8ClN3O5. The Morgan fingerprint density at radius 3 is 2.72 bits per heavy atom. The molecule has 96 valence electrons. The Morgan fingerprint density at radius 2 is 2.22 bits per heavy atom. The van der Waals surface area contributed by atoms with Crippen LogP contribution in [0.3, 0.4) is 0 Å². The smallest absolute Gasteiger partial charge is 0.325 e. The first-order valence-corrected chi connectivity index (χ1v) is 5.05. The number of pyridine rings is 1.